The zero-order valence-corrected chi connectivity index (χ0v) is 10.2. The van der Waals surface area contributed by atoms with Crippen molar-refractivity contribution in [3.63, 3.8) is 0 Å². The Bertz CT molecular complexity index is 329. The third-order valence-corrected chi connectivity index (χ3v) is 2.72. The lowest BCUT2D eigenvalue weighted by atomic mass is 9.97. The summed E-state index contributed by atoms with van der Waals surface area (Å²) in [4.78, 5) is 0. The molecule has 2 nitrogen and oxygen atoms in total. The van der Waals surface area contributed by atoms with Crippen LogP contribution in [0.3, 0.4) is 0 Å². The number of nitrogen functional groups attached to an aromatic ring is 1. The van der Waals surface area contributed by atoms with Crippen LogP contribution in [0.2, 0.25) is 0 Å². The monoisotopic (exact) mass is 206 g/mol. The quantitative estimate of drug-likeness (QED) is 0.739. The molecule has 0 aliphatic carbocycles. The average molecular weight is 206 g/mol. The number of rotatable bonds is 4. The first-order valence-electron chi connectivity index (χ1n) is 5.59. The van der Waals surface area contributed by atoms with E-state index in [1.807, 2.05) is 12.1 Å². The van der Waals surface area contributed by atoms with Gasteiger partial charge < -0.3 is 11.1 Å². The Labute approximate surface area is 92.9 Å². The molecule has 0 spiro atoms. The smallest absolute Gasteiger partial charge is 0.0394 e. The van der Waals surface area contributed by atoms with Crippen molar-refractivity contribution in [1.82, 2.24) is 0 Å². The molecule has 84 valence electrons. The Hall–Kier alpha value is -1.18. The van der Waals surface area contributed by atoms with Gasteiger partial charge in [0, 0.05) is 16.9 Å². The largest absolute Gasteiger partial charge is 0.398 e. The molecule has 1 rings (SSSR count). The van der Waals surface area contributed by atoms with E-state index in [0.29, 0.717) is 0 Å². The zero-order chi connectivity index (χ0) is 11.5. The number of hydrogen-bond acceptors (Lipinski definition) is 2. The molecule has 0 aromatic heterocycles. The van der Waals surface area contributed by atoms with Crippen molar-refractivity contribution in [2.75, 3.05) is 11.1 Å². The molecule has 0 saturated heterocycles. The summed E-state index contributed by atoms with van der Waals surface area (Å²) in [7, 11) is 0. The fraction of sp³-hybridized carbons (Fsp3) is 0.538. The maximum atomic E-state index is 5.87. The minimum Gasteiger partial charge on any atom is -0.398 e. The summed E-state index contributed by atoms with van der Waals surface area (Å²) in [5.41, 5.74) is 9.15. The summed E-state index contributed by atoms with van der Waals surface area (Å²) >= 11 is 0. The summed E-state index contributed by atoms with van der Waals surface area (Å²) < 4.78 is 0. The van der Waals surface area contributed by atoms with Crippen LogP contribution in [0.1, 0.15) is 39.2 Å². The highest BCUT2D eigenvalue weighted by molar-refractivity contribution is 5.63. The Kier molecular flexibility index (Phi) is 3.61. The van der Waals surface area contributed by atoms with Gasteiger partial charge in [-0.25, -0.2) is 0 Å². The maximum absolute atomic E-state index is 5.87. The van der Waals surface area contributed by atoms with Crippen molar-refractivity contribution in [2.45, 2.75) is 46.1 Å². The molecule has 0 radical (unpaired) electrons. The molecular formula is C13H22N2. The van der Waals surface area contributed by atoms with Gasteiger partial charge in [0.1, 0.15) is 0 Å². The number of nitrogens with one attached hydrogen (secondary N) is 1. The highest BCUT2D eigenvalue weighted by Gasteiger charge is 2.16. The first-order valence-corrected chi connectivity index (χ1v) is 5.59. The fourth-order valence-corrected chi connectivity index (χ4v) is 1.84. The van der Waals surface area contributed by atoms with E-state index >= 15 is 0 Å². The van der Waals surface area contributed by atoms with E-state index in [2.05, 4.69) is 39.1 Å². The molecule has 0 aliphatic heterocycles. The molecule has 15 heavy (non-hydrogen) atoms. The summed E-state index contributed by atoms with van der Waals surface area (Å²) in [6, 6.07) is 6.02. The third-order valence-electron chi connectivity index (χ3n) is 2.72. The molecule has 0 unspecified atom stereocenters. The van der Waals surface area contributed by atoms with Gasteiger partial charge in [-0.15, -0.1) is 0 Å². The molecule has 2 heteroatoms. The van der Waals surface area contributed by atoms with Crippen molar-refractivity contribution in [3.05, 3.63) is 23.8 Å². The number of nitrogens with two attached hydrogens (primary N) is 1. The predicted molar refractivity (Wildman–Crippen MR) is 68.2 cm³/mol. The zero-order valence-electron chi connectivity index (χ0n) is 10.2. The fourth-order valence-electron chi connectivity index (χ4n) is 1.84. The van der Waals surface area contributed by atoms with Crippen molar-refractivity contribution >= 4 is 11.4 Å². The Balaban J connectivity index is 2.85. The molecule has 0 amide bonds. The standard InChI is InChI=1S/C13H22N2/c1-5-9-13(3,4)15-12-8-6-7-11(14)10(12)2/h6-8,15H,5,9,14H2,1-4H3. The normalized spacial score (nSPS) is 11.5. The molecule has 3 N–H and O–H groups in total. The molecule has 1 aromatic rings. The number of benzene rings is 1. The molecule has 0 fully saturated rings. The van der Waals surface area contributed by atoms with Crippen LogP contribution in [0.4, 0.5) is 11.4 Å². The highest BCUT2D eigenvalue weighted by Crippen LogP contribution is 2.25. The lowest BCUT2D eigenvalue weighted by molar-refractivity contribution is 0.511. The van der Waals surface area contributed by atoms with Gasteiger partial charge in [0.25, 0.3) is 0 Å². The Morgan fingerprint density at radius 2 is 2.00 bits per heavy atom. The molecular weight excluding hydrogens is 184 g/mol. The average Bonchev–Trinajstić information content (AvgIpc) is 2.12. The number of hydrogen-bond donors (Lipinski definition) is 2. The molecule has 0 bridgehead atoms. The van der Waals surface area contributed by atoms with Crippen LogP contribution in [0.5, 0.6) is 0 Å². The van der Waals surface area contributed by atoms with E-state index in [-0.39, 0.29) is 5.54 Å². The molecule has 0 aliphatic rings. The van der Waals surface area contributed by atoms with Gasteiger partial charge in [-0.3, -0.25) is 0 Å². The van der Waals surface area contributed by atoms with Crippen LogP contribution >= 0.6 is 0 Å². The first kappa shape index (κ1) is 11.9. The van der Waals surface area contributed by atoms with E-state index in [1.54, 1.807) is 0 Å². The van der Waals surface area contributed by atoms with Crippen LogP contribution in [-0.4, -0.2) is 5.54 Å². The lowest BCUT2D eigenvalue weighted by Crippen LogP contribution is -2.30. The topological polar surface area (TPSA) is 38.0 Å². The first-order chi connectivity index (χ1) is 6.96. The van der Waals surface area contributed by atoms with Crippen molar-refractivity contribution < 1.29 is 0 Å². The lowest BCUT2D eigenvalue weighted by Gasteiger charge is -2.28. The molecule has 0 atom stereocenters. The van der Waals surface area contributed by atoms with E-state index in [4.69, 9.17) is 5.73 Å². The summed E-state index contributed by atoms with van der Waals surface area (Å²) in [6.07, 6.45) is 2.34. The Morgan fingerprint density at radius 3 is 2.60 bits per heavy atom. The highest BCUT2D eigenvalue weighted by atomic mass is 15.0. The van der Waals surface area contributed by atoms with Gasteiger partial charge in [-0.2, -0.15) is 0 Å². The summed E-state index contributed by atoms with van der Waals surface area (Å²) in [5.74, 6) is 0. The van der Waals surface area contributed by atoms with E-state index in [0.717, 1.165) is 23.4 Å². The third kappa shape index (κ3) is 3.15. The Morgan fingerprint density at radius 1 is 1.33 bits per heavy atom. The van der Waals surface area contributed by atoms with Gasteiger partial charge >= 0.3 is 0 Å². The minimum absolute atomic E-state index is 0.132. The van der Waals surface area contributed by atoms with Gasteiger partial charge in [-0.05, 0) is 44.9 Å². The van der Waals surface area contributed by atoms with Gasteiger partial charge in [0.15, 0.2) is 0 Å². The van der Waals surface area contributed by atoms with Crippen LogP contribution in [-0.2, 0) is 0 Å². The molecule has 1 aromatic carbocycles. The second kappa shape index (κ2) is 4.56. The molecule has 0 saturated carbocycles. The van der Waals surface area contributed by atoms with Crippen molar-refractivity contribution in [2.24, 2.45) is 0 Å². The second-order valence-corrected chi connectivity index (χ2v) is 4.78. The van der Waals surface area contributed by atoms with Crippen LogP contribution < -0.4 is 11.1 Å². The van der Waals surface area contributed by atoms with E-state index in [1.165, 1.54) is 6.42 Å². The maximum Gasteiger partial charge on any atom is 0.0394 e. The van der Waals surface area contributed by atoms with Crippen LogP contribution in [0.25, 0.3) is 0 Å². The van der Waals surface area contributed by atoms with Gasteiger partial charge in [0.2, 0.25) is 0 Å². The van der Waals surface area contributed by atoms with Crippen molar-refractivity contribution in [3.8, 4) is 0 Å². The van der Waals surface area contributed by atoms with Crippen molar-refractivity contribution in [1.29, 1.82) is 0 Å². The minimum atomic E-state index is 0.132. The van der Waals surface area contributed by atoms with Crippen LogP contribution in [0, 0.1) is 6.92 Å². The summed E-state index contributed by atoms with van der Waals surface area (Å²) in [5, 5.41) is 3.55. The SMILES string of the molecule is CCCC(C)(C)Nc1cccc(N)c1C. The van der Waals surface area contributed by atoms with Gasteiger partial charge in [0.05, 0.1) is 0 Å². The van der Waals surface area contributed by atoms with Gasteiger partial charge in [-0.1, -0.05) is 19.4 Å². The molecule has 0 heterocycles. The second-order valence-electron chi connectivity index (χ2n) is 4.78. The van der Waals surface area contributed by atoms with E-state index < -0.39 is 0 Å². The summed E-state index contributed by atoms with van der Waals surface area (Å²) in [6.45, 7) is 8.70. The number of anilines is 2. The van der Waals surface area contributed by atoms with Crippen LogP contribution in [0.15, 0.2) is 18.2 Å². The predicted octanol–water partition coefficient (Wildman–Crippen LogP) is 3.57. The van der Waals surface area contributed by atoms with E-state index in [9.17, 15) is 0 Å².